The van der Waals surface area contributed by atoms with Crippen LogP contribution in [0.25, 0.3) is 0 Å². The van der Waals surface area contributed by atoms with E-state index in [0.29, 0.717) is 38.2 Å². The summed E-state index contributed by atoms with van der Waals surface area (Å²) in [5.74, 6) is -2.55. The highest BCUT2D eigenvalue weighted by Gasteiger charge is 2.57. The van der Waals surface area contributed by atoms with E-state index in [4.69, 9.17) is 9.47 Å². The summed E-state index contributed by atoms with van der Waals surface area (Å²) in [5, 5.41) is 2.42. The predicted octanol–water partition coefficient (Wildman–Crippen LogP) is 4.84. The summed E-state index contributed by atoms with van der Waals surface area (Å²) in [6.45, 7) is 3.58. The number of aryl methyl sites for hydroxylation is 1. The molecule has 4 aromatic rings. The average Bonchev–Trinajstić information content (AvgIpc) is 3.48. The third-order valence-corrected chi connectivity index (χ3v) is 10.4. The van der Waals surface area contributed by atoms with E-state index in [-0.39, 0.29) is 29.8 Å². The second-order valence-corrected chi connectivity index (χ2v) is 12.7. The van der Waals surface area contributed by atoms with Gasteiger partial charge in [-0.25, -0.2) is 9.69 Å². The topological polar surface area (TPSA) is 124 Å². The Balaban J connectivity index is 1.35. The molecule has 230 valence electrons. The largest absolute Gasteiger partial charge is 0.496 e. The highest BCUT2D eigenvalue weighted by Crippen LogP contribution is 2.55. The molecule has 3 aromatic carbocycles. The number of carbonyl (C=O) groups excluding carboxylic acids is 4. The molecular formula is C33H29N3O7S2. The number of aromatic nitrogens is 1. The van der Waals surface area contributed by atoms with Gasteiger partial charge in [0.15, 0.2) is 0 Å². The molecule has 45 heavy (non-hydrogen) atoms. The van der Waals surface area contributed by atoms with Crippen LogP contribution in [0.2, 0.25) is 0 Å². The van der Waals surface area contributed by atoms with Gasteiger partial charge in [-0.3, -0.25) is 23.7 Å². The van der Waals surface area contributed by atoms with Gasteiger partial charge in [0, 0.05) is 22.0 Å². The molecule has 6 rings (SSSR count). The van der Waals surface area contributed by atoms with Crippen LogP contribution in [-0.2, 0) is 25.7 Å². The molecule has 1 fully saturated rings. The standard InChI is InChI=1S/C33H29N3O7S2/c1-4-43-32(40)19-11-13-20(14-12-19)34-24(37)17-35-31-28(45-33(35)41)25(22-7-5-6-8-23(22)42-3)26-27(44-31)30(39)36(29(26)38)21-15-9-18(2)10-16-21/h5-16,25-27H,4,17H2,1-3H3,(H,34,37). The number of hydrogen-bond acceptors (Lipinski definition) is 9. The van der Waals surface area contributed by atoms with Crippen molar-refractivity contribution in [3.05, 3.63) is 104 Å². The van der Waals surface area contributed by atoms with Gasteiger partial charge in [-0.05, 0) is 56.3 Å². The molecule has 2 aliphatic heterocycles. The molecule has 0 saturated carbocycles. The molecular weight excluding hydrogens is 615 g/mol. The maximum absolute atomic E-state index is 14.1. The van der Waals surface area contributed by atoms with Crippen molar-refractivity contribution < 1.29 is 28.7 Å². The average molecular weight is 644 g/mol. The molecule has 1 saturated heterocycles. The molecule has 0 radical (unpaired) electrons. The maximum atomic E-state index is 14.1. The summed E-state index contributed by atoms with van der Waals surface area (Å²) in [6, 6.07) is 20.7. The molecule has 3 unspecified atom stereocenters. The number of carbonyl (C=O) groups is 4. The SMILES string of the molecule is CCOC(=O)c1ccc(NC(=O)Cn2c3c(sc2=O)C(c2ccccc2OC)C2C(=O)N(c4ccc(C)cc4)C(=O)C2S3)cc1. The molecule has 1 N–H and O–H groups in total. The highest BCUT2D eigenvalue weighted by molar-refractivity contribution is 8.00. The number of amides is 3. The first-order valence-corrected chi connectivity index (χ1v) is 16.0. The number of thioether (sulfide) groups is 1. The number of methoxy groups -OCH3 is 1. The Morgan fingerprint density at radius 3 is 2.33 bits per heavy atom. The van der Waals surface area contributed by atoms with Crippen LogP contribution in [0.4, 0.5) is 11.4 Å². The number of nitrogens with zero attached hydrogens (tertiary/aromatic N) is 2. The summed E-state index contributed by atoms with van der Waals surface area (Å²) in [6.07, 6.45) is 0. The Morgan fingerprint density at radius 2 is 1.64 bits per heavy atom. The summed E-state index contributed by atoms with van der Waals surface area (Å²) < 4.78 is 12.0. The van der Waals surface area contributed by atoms with Gasteiger partial charge in [0.05, 0.1) is 35.9 Å². The molecule has 0 bridgehead atoms. The van der Waals surface area contributed by atoms with Gasteiger partial charge < -0.3 is 14.8 Å². The maximum Gasteiger partial charge on any atom is 0.338 e. The summed E-state index contributed by atoms with van der Waals surface area (Å²) >= 11 is 2.11. The number of benzene rings is 3. The normalized spacial score (nSPS) is 18.7. The fraction of sp³-hybridized carbons (Fsp3) is 0.242. The van der Waals surface area contributed by atoms with E-state index in [1.54, 1.807) is 49.4 Å². The predicted molar refractivity (Wildman–Crippen MR) is 171 cm³/mol. The third-order valence-electron chi connectivity index (χ3n) is 7.80. The Kier molecular flexibility index (Phi) is 8.34. The van der Waals surface area contributed by atoms with Crippen molar-refractivity contribution in [1.82, 2.24) is 4.57 Å². The molecule has 0 aliphatic carbocycles. The van der Waals surface area contributed by atoms with Crippen LogP contribution in [0, 0.1) is 12.8 Å². The van der Waals surface area contributed by atoms with Gasteiger partial charge in [0.1, 0.15) is 17.5 Å². The van der Waals surface area contributed by atoms with Gasteiger partial charge in [0.2, 0.25) is 17.7 Å². The minimum absolute atomic E-state index is 0.248. The van der Waals surface area contributed by atoms with Crippen LogP contribution in [0.3, 0.4) is 0 Å². The lowest BCUT2D eigenvalue weighted by Crippen LogP contribution is -2.33. The van der Waals surface area contributed by atoms with Crippen molar-refractivity contribution in [3.63, 3.8) is 0 Å². The lowest BCUT2D eigenvalue weighted by molar-refractivity contribution is -0.122. The van der Waals surface area contributed by atoms with E-state index in [0.717, 1.165) is 28.7 Å². The quantitative estimate of drug-likeness (QED) is 0.214. The van der Waals surface area contributed by atoms with E-state index in [1.807, 2.05) is 37.3 Å². The summed E-state index contributed by atoms with van der Waals surface area (Å²) in [7, 11) is 1.53. The number of ether oxygens (including phenoxy) is 2. The van der Waals surface area contributed by atoms with Gasteiger partial charge >= 0.3 is 10.8 Å². The Bertz CT molecular complexity index is 1860. The van der Waals surface area contributed by atoms with Crippen molar-refractivity contribution in [3.8, 4) is 5.75 Å². The number of rotatable bonds is 8. The van der Waals surface area contributed by atoms with Crippen molar-refractivity contribution in [2.45, 2.75) is 36.6 Å². The van der Waals surface area contributed by atoms with E-state index in [9.17, 15) is 24.0 Å². The third kappa shape index (κ3) is 5.55. The fourth-order valence-corrected chi connectivity index (χ4v) is 8.47. The van der Waals surface area contributed by atoms with E-state index in [2.05, 4.69) is 5.32 Å². The first kappa shape index (κ1) is 30.4. The molecule has 10 nitrogen and oxygen atoms in total. The molecule has 3 atom stereocenters. The van der Waals surface area contributed by atoms with Crippen LogP contribution in [-0.4, -0.2) is 47.2 Å². The number of nitrogens with one attached hydrogen (secondary N) is 1. The smallest absolute Gasteiger partial charge is 0.338 e. The Labute approximate surface area is 267 Å². The first-order valence-electron chi connectivity index (χ1n) is 14.3. The van der Waals surface area contributed by atoms with E-state index >= 15 is 0 Å². The number of imide groups is 1. The zero-order valence-electron chi connectivity index (χ0n) is 24.6. The summed E-state index contributed by atoms with van der Waals surface area (Å²) in [5.41, 5.74) is 2.95. The molecule has 3 amide bonds. The van der Waals surface area contributed by atoms with Crippen molar-refractivity contribution in [2.75, 3.05) is 23.9 Å². The van der Waals surface area contributed by atoms with Crippen LogP contribution in [0.5, 0.6) is 5.75 Å². The molecule has 1 aromatic heterocycles. The number of fused-ring (bicyclic) bond motifs is 2. The number of hydrogen-bond donors (Lipinski definition) is 1. The first-order chi connectivity index (χ1) is 21.7. The van der Waals surface area contributed by atoms with Crippen LogP contribution < -0.4 is 19.8 Å². The molecule has 12 heteroatoms. The van der Waals surface area contributed by atoms with Gasteiger partial charge in [0.25, 0.3) is 0 Å². The molecule has 0 spiro atoms. The Morgan fingerprint density at radius 1 is 0.933 bits per heavy atom. The van der Waals surface area contributed by atoms with E-state index in [1.165, 1.54) is 16.6 Å². The van der Waals surface area contributed by atoms with Crippen LogP contribution >= 0.6 is 23.1 Å². The number of anilines is 2. The zero-order valence-corrected chi connectivity index (χ0v) is 26.3. The highest BCUT2D eigenvalue weighted by atomic mass is 32.2. The number of esters is 1. The Hall–Kier alpha value is -4.68. The zero-order chi connectivity index (χ0) is 31.8. The minimum Gasteiger partial charge on any atom is -0.496 e. The second kappa shape index (κ2) is 12.4. The van der Waals surface area contributed by atoms with Crippen molar-refractivity contribution in [2.24, 2.45) is 5.92 Å². The van der Waals surface area contributed by atoms with Crippen molar-refractivity contribution in [1.29, 1.82) is 0 Å². The molecule has 2 aliphatic rings. The van der Waals surface area contributed by atoms with Crippen LogP contribution in [0.15, 0.2) is 82.6 Å². The fourth-order valence-electron chi connectivity index (χ4n) is 5.71. The van der Waals surface area contributed by atoms with Gasteiger partial charge in [-0.1, -0.05) is 59.0 Å². The minimum atomic E-state index is -0.819. The van der Waals surface area contributed by atoms with Crippen LogP contribution in [0.1, 0.15) is 39.2 Å². The number of para-hydroxylation sites is 1. The van der Waals surface area contributed by atoms with Gasteiger partial charge in [-0.2, -0.15) is 0 Å². The summed E-state index contributed by atoms with van der Waals surface area (Å²) in [4.78, 5) is 68.1. The van der Waals surface area contributed by atoms with Crippen molar-refractivity contribution >= 4 is 58.2 Å². The van der Waals surface area contributed by atoms with Gasteiger partial charge in [-0.15, -0.1) is 0 Å². The monoisotopic (exact) mass is 643 g/mol. The molecule has 3 heterocycles. The lowest BCUT2D eigenvalue weighted by Gasteiger charge is -2.31. The lowest BCUT2D eigenvalue weighted by atomic mass is 9.82. The van der Waals surface area contributed by atoms with E-state index < -0.39 is 29.0 Å². The number of thiazole rings is 1. The second-order valence-electron chi connectivity index (χ2n) is 10.6.